The molecule has 0 spiro atoms. The van der Waals surface area contributed by atoms with Gasteiger partial charge in [0, 0.05) is 5.92 Å². The van der Waals surface area contributed by atoms with Crippen molar-refractivity contribution in [1.82, 2.24) is 4.90 Å². The number of likely N-dealkylation sites (tertiary alicyclic amines) is 1. The number of hydrogen-bond acceptors (Lipinski definition) is 4. The monoisotopic (exact) mass is 293 g/mol. The Labute approximate surface area is 123 Å². The fourth-order valence-corrected chi connectivity index (χ4v) is 2.60. The number of methoxy groups -OCH3 is 1. The predicted octanol–water partition coefficient (Wildman–Crippen LogP) is 1.74. The molecule has 1 N–H and O–H groups in total. The van der Waals surface area contributed by atoms with E-state index in [-0.39, 0.29) is 18.6 Å². The zero-order valence-electron chi connectivity index (χ0n) is 12.1. The lowest BCUT2D eigenvalue weighted by atomic mass is 10.0. The van der Waals surface area contributed by atoms with E-state index in [9.17, 15) is 14.7 Å². The van der Waals surface area contributed by atoms with Crippen molar-refractivity contribution in [3.05, 3.63) is 35.9 Å². The standard InChI is InChI=1S/C15H19NO5/c1-10-12(21-9-11-6-4-3-5-7-11)8-16(15(18)19)13(10)14(17)20-2/h3-7,10,12-13H,8-9H2,1-2H3,(H,18,19). The maximum absolute atomic E-state index is 11.8. The smallest absolute Gasteiger partial charge is 0.408 e. The Bertz CT molecular complexity index is 504. The number of carbonyl (C=O) groups is 2. The summed E-state index contributed by atoms with van der Waals surface area (Å²) >= 11 is 0. The van der Waals surface area contributed by atoms with Crippen molar-refractivity contribution in [1.29, 1.82) is 0 Å². The van der Waals surface area contributed by atoms with E-state index in [1.54, 1.807) is 6.92 Å². The van der Waals surface area contributed by atoms with Crippen LogP contribution in [0.3, 0.4) is 0 Å². The molecule has 6 heteroatoms. The number of rotatable bonds is 4. The Hall–Kier alpha value is -2.08. The van der Waals surface area contributed by atoms with Gasteiger partial charge in [0.2, 0.25) is 0 Å². The average Bonchev–Trinajstić information content (AvgIpc) is 2.82. The second kappa shape index (κ2) is 6.58. The highest BCUT2D eigenvalue weighted by molar-refractivity contribution is 5.82. The number of ether oxygens (including phenoxy) is 2. The van der Waals surface area contributed by atoms with Crippen molar-refractivity contribution in [3.63, 3.8) is 0 Å². The van der Waals surface area contributed by atoms with E-state index in [0.29, 0.717) is 6.61 Å². The Morgan fingerprint density at radius 1 is 1.33 bits per heavy atom. The fraction of sp³-hybridized carbons (Fsp3) is 0.467. The molecule has 1 aromatic rings. The van der Waals surface area contributed by atoms with Gasteiger partial charge in [-0.15, -0.1) is 0 Å². The minimum atomic E-state index is -1.14. The van der Waals surface area contributed by atoms with Gasteiger partial charge < -0.3 is 14.6 Å². The maximum atomic E-state index is 11.8. The maximum Gasteiger partial charge on any atom is 0.408 e. The molecular formula is C15H19NO5. The third kappa shape index (κ3) is 3.33. The molecular weight excluding hydrogens is 274 g/mol. The number of amides is 1. The van der Waals surface area contributed by atoms with E-state index in [1.165, 1.54) is 7.11 Å². The van der Waals surface area contributed by atoms with E-state index in [4.69, 9.17) is 9.47 Å². The Morgan fingerprint density at radius 2 is 2.00 bits per heavy atom. The number of benzene rings is 1. The highest BCUT2D eigenvalue weighted by Crippen LogP contribution is 2.28. The third-order valence-corrected chi connectivity index (χ3v) is 3.79. The molecule has 114 valence electrons. The highest BCUT2D eigenvalue weighted by Gasteiger charge is 2.46. The molecule has 21 heavy (non-hydrogen) atoms. The first-order valence-corrected chi connectivity index (χ1v) is 6.77. The number of carbonyl (C=O) groups excluding carboxylic acids is 1. The van der Waals surface area contributed by atoms with E-state index in [2.05, 4.69) is 0 Å². The van der Waals surface area contributed by atoms with Crippen LogP contribution in [0.2, 0.25) is 0 Å². The lowest BCUT2D eigenvalue weighted by Gasteiger charge is -2.21. The molecule has 0 aliphatic carbocycles. The van der Waals surface area contributed by atoms with Gasteiger partial charge in [0.1, 0.15) is 6.04 Å². The second-order valence-corrected chi connectivity index (χ2v) is 5.10. The molecule has 1 aliphatic heterocycles. The van der Waals surface area contributed by atoms with Crippen LogP contribution in [0.1, 0.15) is 12.5 Å². The number of hydrogen-bond donors (Lipinski definition) is 1. The minimum absolute atomic E-state index is 0.170. The molecule has 1 aromatic carbocycles. The Morgan fingerprint density at radius 3 is 2.57 bits per heavy atom. The van der Waals surface area contributed by atoms with Gasteiger partial charge in [-0.25, -0.2) is 9.59 Å². The minimum Gasteiger partial charge on any atom is -0.467 e. The van der Waals surface area contributed by atoms with Crippen molar-refractivity contribution >= 4 is 12.1 Å². The lowest BCUT2D eigenvalue weighted by Crippen LogP contribution is -2.42. The lowest BCUT2D eigenvalue weighted by molar-refractivity contribution is -0.146. The zero-order chi connectivity index (χ0) is 15.4. The van der Waals surface area contributed by atoms with Gasteiger partial charge in [-0.3, -0.25) is 4.90 Å². The molecule has 2 rings (SSSR count). The molecule has 1 heterocycles. The first-order valence-electron chi connectivity index (χ1n) is 6.77. The highest BCUT2D eigenvalue weighted by atomic mass is 16.5. The van der Waals surface area contributed by atoms with Gasteiger partial charge in [0.05, 0.1) is 26.4 Å². The average molecular weight is 293 g/mol. The molecule has 1 amide bonds. The van der Waals surface area contributed by atoms with Crippen molar-refractivity contribution in [2.75, 3.05) is 13.7 Å². The van der Waals surface area contributed by atoms with Crippen LogP contribution in [0.15, 0.2) is 30.3 Å². The number of esters is 1. The van der Waals surface area contributed by atoms with Crippen LogP contribution >= 0.6 is 0 Å². The van der Waals surface area contributed by atoms with E-state index in [0.717, 1.165) is 10.5 Å². The van der Waals surface area contributed by atoms with Gasteiger partial charge in [0.25, 0.3) is 0 Å². The number of nitrogens with zero attached hydrogens (tertiary/aromatic N) is 1. The van der Waals surface area contributed by atoms with E-state index < -0.39 is 18.1 Å². The first kappa shape index (κ1) is 15.3. The summed E-state index contributed by atoms with van der Waals surface area (Å²) in [6.45, 7) is 2.36. The van der Waals surface area contributed by atoms with Crippen LogP contribution < -0.4 is 0 Å². The summed E-state index contributed by atoms with van der Waals surface area (Å²) in [5, 5.41) is 9.21. The molecule has 0 aromatic heterocycles. The van der Waals surface area contributed by atoms with Gasteiger partial charge >= 0.3 is 12.1 Å². The van der Waals surface area contributed by atoms with Crippen molar-refractivity contribution in [2.24, 2.45) is 5.92 Å². The van der Waals surface area contributed by atoms with Gasteiger partial charge in [-0.2, -0.15) is 0 Å². The summed E-state index contributed by atoms with van der Waals surface area (Å²) < 4.78 is 10.5. The van der Waals surface area contributed by atoms with Crippen molar-refractivity contribution in [3.8, 4) is 0 Å². The topological polar surface area (TPSA) is 76.1 Å². The summed E-state index contributed by atoms with van der Waals surface area (Å²) in [4.78, 5) is 24.1. The first-order chi connectivity index (χ1) is 10.0. The van der Waals surface area contributed by atoms with Crippen LogP contribution in [0.4, 0.5) is 4.79 Å². The molecule has 1 fully saturated rings. The summed E-state index contributed by atoms with van der Waals surface area (Å²) in [6.07, 6.45) is -1.46. The van der Waals surface area contributed by atoms with Gasteiger partial charge in [-0.05, 0) is 5.56 Å². The third-order valence-electron chi connectivity index (χ3n) is 3.79. The molecule has 0 radical (unpaired) electrons. The molecule has 0 bridgehead atoms. The summed E-state index contributed by atoms with van der Waals surface area (Å²) in [5.74, 6) is -0.798. The summed E-state index contributed by atoms with van der Waals surface area (Å²) in [6, 6.07) is 8.81. The largest absolute Gasteiger partial charge is 0.467 e. The predicted molar refractivity (Wildman–Crippen MR) is 74.7 cm³/mol. The van der Waals surface area contributed by atoms with E-state index >= 15 is 0 Å². The number of carboxylic acid groups (broad SMARTS) is 1. The molecule has 1 aliphatic rings. The summed E-state index contributed by atoms with van der Waals surface area (Å²) in [7, 11) is 1.26. The van der Waals surface area contributed by atoms with E-state index in [1.807, 2.05) is 30.3 Å². The van der Waals surface area contributed by atoms with Gasteiger partial charge in [-0.1, -0.05) is 37.3 Å². The molecule has 3 atom stereocenters. The van der Waals surface area contributed by atoms with Crippen LogP contribution in [0, 0.1) is 5.92 Å². The molecule has 0 saturated carbocycles. The quantitative estimate of drug-likeness (QED) is 0.856. The molecule has 3 unspecified atom stereocenters. The van der Waals surface area contributed by atoms with Crippen LogP contribution in [-0.4, -0.2) is 47.9 Å². The molecule has 1 saturated heterocycles. The SMILES string of the molecule is COC(=O)C1C(C)C(OCc2ccccc2)CN1C(=O)O. The van der Waals surface area contributed by atoms with Crippen LogP contribution in [0.25, 0.3) is 0 Å². The summed E-state index contributed by atoms with van der Waals surface area (Å²) in [5.41, 5.74) is 1.01. The van der Waals surface area contributed by atoms with Crippen LogP contribution in [-0.2, 0) is 20.9 Å². The molecule has 6 nitrogen and oxygen atoms in total. The van der Waals surface area contributed by atoms with Crippen LogP contribution in [0.5, 0.6) is 0 Å². The normalized spacial score (nSPS) is 24.9. The van der Waals surface area contributed by atoms with Gasteiger partial charge in [0.15, 0.2) is 0 Å². The Kier molecular flexibility index (Phi) is 4.80. The fourth-order valence-electron chi connectivity index (χ4n) is 2.60. The Balaban J connectivity index is 2.04. The zero-order valence-corrected chi connectivity index (χ0v) is 12.1. The van der Waals surface area contributed by atoms with Crippen molar-refractivity contribution < 1.29 is 24.2 Å². The second-order valence-electron chi connectivity index (χ2n) is 5.10. The van der Waals surface area contributed by atoms with Crippen molar-refractivity contribution in [2.45, 2.75) is 25.7 Å².